The topological polar surface area (TPSA) is 87.3 Å². The number of nitrogens with one attached hydrogen (secondary N) is 2. The molecule has 1 saturated heterocycles. The number of rotatable bonds is 4. The number of hydrogen-bond acceptors (Lipinski definition) is 4. The number of H-pyrrole nitrogens is 1. The Labute approximate surface area is 140 Å². The summed E-state index contributed by atoms with van der Waals surface area (Å²) in [5.41, 5.74) is 1.47. The summed E-state index contributed by atoms with van der Waals surface area (Å²) in [6.07, 6.45) is 1.38. The van der Waals surface area contributed by atoms with Crippen LogP contribution in [-0.2, 0) is 16.1 Å². The number of aromatic amines is 1. The third-order valence-corrected chi connectivity index (χ3v) is 3.86. The number of amides is 2. The Bertz CT molecular complexity index is 714. The quantitative estimate of drug-likeness (QED) is 0.884. The van der Waals surface area contributed by atoms with Gasteiger partial charge >= 0.3 is 0 Å². The predicted molar refractivity (Wildman–Crippen MR) is 87.1 cm³/mol. The third kappa shape index (κ3) is 3.80. The maximum atomic E-state index is 12.6. The minimum Gasteiger partial charge on any atom is -0.367 e. The van der Waals surface area contributed by atoms with E-state index in [-0.39, 0.29) is 17.9 Å². The van der Waals surface area contributed by atoms with Gasteiger partial charge in [-0.25, -0.2) is 4.98 Å². The molecular formula is C17H20N4O3. The number of nitrogens with zero attached hydrogens (tertiary/aromatic N) is 2. The Morgan fingerprint density at radius 1 is 1.38 bits per heavy atom. The zero-order valence-electron chi connectivity index (χ0n) is 13.5. The Morgan fingerprint density at radius 2 is 2.17 bits per heavy atom. The molecule has 1 aliphatic rings. The monoisotopic (exact) mass is 328 g/mol. The molecule has 0 bridgehead atoms. The number of imidazole rings is 1. The van der Waals surface area contributed by atoms with Gasteiger partial charge in [0, 0.05) is 19.0 Å². The van der Waals surface area contributed by atoms with Crippen LogP contribution in [0.2, 0.25) is 0 Å². The first-order chi connectivity index (χ1) is 11.6. The molecule has 3 rings (SSSR count). The van der Waals surface area contributed by atoms with Crippen molar-refractivity contribution in [2.75, 3.05) is 19.7 Å². The van der Waals surface area contributed by atoms with E-state index in [1.54, 1.807) is 11.1 Å². The number of carbonyl (C=O) groups is 2. The molecule has 7 heteroatoms. The molecule has 0 spiro atoms. The van der Waals surface area contributed by atoms with Crippen molar-refractivity contribution < 1.29 is 14.3 Å². The second-order valence-electron chi connectivity index (χ2n) is 5.68. The Kier molecular flexibility index (Phi) is 4.90. The van der Waals surface area contributed by atoms with Crippen LogP contribution in [0.3, 0.4) is 0 Å². The van der Waals surface area contributed by atoms with E-state index in [9.17, 15) is 9.59 Å². The van der Waals surface area contributed by atoms with Crippen molar-refractivity contribution in [2.24, 2.45) is 0 Å². The fourth-order valence-corrected chi connectivity index (χ4v) is 2.61. The molecule has 1 aromatic heterocycles. The number of ether oxygens (including phenoxy) is 1. The highest BCUT2D eigenvalue weighted by molar-refractivity contribution is 5.94. The molecule has 0 aliphatic carbocycles. The van der Waals surface area contributed by atoms with Crippen LogP contribution in [0.4, 0.5) is 0 Å². The van der Waals surface area contributed by atoms with Gasteiger partial charge in [0.2, 0.25) is 5.91 Å². The molecule has 2 aromatic rings. The molecule has 1 fully saturated rings. The van der Waals surface area contributed by atoms with Gasteiger partial charge in [0.15, 0.2) is 0 Å². The lowest BCUT2D eigenvalue weighted by Crippen LogP contribution is -2.42. The molecule has 2 N–H and O–H groups in total. The van der Waals surface area contributed by atoms with E-state index in [4.69, 9.17) is 4.74 Å². The van der Waals surface area contributed by atoms with Crippen LogP contribution in [0.5, 0.6) is 0 Å². The average Bonchev–Trinajstić information content (AvgIpc) is 3.09. The van der Waals surface area contributed by atoms with Crippen molar-refractivity contribution >= 4 is 11.8 Å². The molecule has 7 nitrogen and oxygen atoms in total. The lowest BCUT2D eigenvalue weighted by molar-refractivity contribution is -0.119. The minimum absolute atomic E-state index is 0.00562. The molecule has 1 aromatic carbocycles. The Hall–Kier alpha value is -2.67. The summed E-state index contributed by atoms with van der Waals surface area (Å²) in [7, 11) is 0. The lowest BCUT2D eigenvalue weighted by atomic mass is 10.1. The highest BCUT2D eigenvalue weighted by Crippen LogP contribution is 2.21. The van der Waals surface area contributed by atoms with E-state index in [1.165, 1.54) is 6.92 Å². The Morgan fingerprint density at radius 3 is 2.92 bits per heavy atom. The maximum absolute atomic E-state index is 12.6. The fraction of sp³-hybridized carbons (Fsp3) is 0.353. The van der Waals surface area contributed by atoms with Crippen molar-refractivity contribution in [2.45, 2.75) is 19.6 Å². The molecular weight excluding hydrogens is 308 g/mol. The number of hydrogen-bond donors (Lipinski definition) is 2. The van der Waals surface area contributed by atoms with Crippen LogP contribution in [-0.4, -0.2) is 46.4 Å². The highest BCUT2D eigenvalue weighted by atomic mass is 16.5. The van der Waals surface area contributed by atoms with Crippen LogP contribution in [0, 0.1) is 0 Å². The van der Waals surface area contributed by atoms with Crippen molar-refractivity contribution in [3.8, 4) is 0 Å². The van der Waals surface area contributed by atoms with Crippen molar-refractivity contribution in [3.63, 3.8) is 0 Å². The first-order valence-electron chi connectivity index (χ1n) is 7.87. The van der Waals surface area contributed by atoms with Crippen molar-refractivity contribution in [3.05, 3.63) is 53.6 Å². The van der Waals surface area contributed by atoms with E-state index in [2.05, 4.69) is 15.3 Å². The van der Waals surface area contributed by atoms with E-state index in [0.717, 1.165) is 5.69 Å². The van der Waals surface area contributed by atoms with Crippen LogP contribution in [0.25, 0.3) is 0 Å². The summed E-state index contributed by atoms with van der Waals surface area (Å²) in [4.78, 5) is 32.8. The van der Waals surface area contributed by atoms with Gasteiger partial charge in [0.1, 0.15) is 11.9 Å². The summed E-state index contributed by atoms with van der Waals surface area (Å²) in [5, 5.41) is 2.71. The smallest absolute Gasteiger partial charge is 0.254 e. The number of aromatic nitrogens is 2. The standard InChI is InChI=1S/C17H20N4O3/c1-12(22)18-9-14-10-19-16(20-14)15-11-21(7-8-24-15)17(23)13-5-3-2-4-6-13/h2-6,10,15H,7-9,11H2,1H3,(H,18,22)(H,19,20). The summed E-state index contributed by atoms with van der Waals surface area (Å²) < 4.78 is 5.74. The second-order valence-corrected chi connectivity index (χ2v) is 5.68. The summed E-state index contributed by atoms with van der Waals surface area (Å²) >= 11 is 0. The van der Waals surface area contributed by atoms with Crippen molar-refractivity contribution in [1.82, 2.24) is 20.2 Å². The zero-order valence-corrected chi connectivity index (χ0v) is 13.5. The van der Waals surface area contributed by atoms with Crippen molar-refractivity contribution in [1.29, 1.82) is 0 Å². The van der Waals surface area contributed by atoms with E-state index in [1.807, 2.05) is 30.3 Å². The predicted octanol–water partition coefficient (Wildman–Crippen LogP) is 1.26. The second kappa shape index (κ2) is 7.27. The molecule has 24 heavy (non-hydrogen) atoms. The molecule has 2 amide bonds. The van der Waals surface area contributed by atoms with E-state index in [0.29, 0.717) is 37.6 Å². The molecule has 1 unspecified atom stereocenters. The first kappa shape index (κ1) is 16.2. The Balaban J connectivity index is 1.65. The van der Waals surface area contributed by atoms with Gasteiger partial charge < -0.3 is 19.9 Å². The lowest BCUT2D eigenvalue weighted by Gasteiger charge is -2.32. The number of carbonyl (C=O) groups excluding carboxylic acids is 2. The molecule has 1 aliphatic heterocycles. The average molecular weight is 328 g/mol. The minimum atomic E-state index is -0.294. The SMILES string of the molecule is CC(=O)NCc1cnc(C2CN(C(=O)c3ccccc3)CCO2)[nH]1. The van der Waals surface area contributed by atoms with Crippen LogP contribution in [0.1, 0.15) is 34.9 Å². The molecule has 0 radical (unpaired) electrons. The van der Waals surface area contributed by atoms with Gasteiger partial charge in [-0.1, -0.05) is 18.2 Å². The fourth-order valence-electron chi connectivity index (χ4n) is 2.61. The number of morpholine rings is 1. The zero-order chi connectivity index (χ0) is 16.9. The van der Waals surface area contributed by atoms with Gasteiger partial charge in [0.25, 0.3) is 5.91 Å². The molecule has 1 atom stereocenters. The number of benzene rings is 1. The summed E-state index contributed by atoms with van der Waals surface area (Å²) in [6.45, 7) is 3.33. The van der Waals surface area contributed by atoms with Crippen LogP contribution in [0.15, 0.2) is 36.5 Å². The largest absolute Gasteiger partial charge is 0.367 e. The normalized spacial score (nSPS) is 17.5. The van der Waals surface area contributed by atoms with E-state index >= 15 is 0 Å². The molecule has 0 saturated carbocycles. The van der Waals surface area contributed by atoms with Gasteiger partial charge in [0.05, 0.1) is 31.6 Å². The molecule has 2 heterocycles. The van der Waals surface area contributed by atoms with Gasteiger partial charge in [-0.2, -0.15) is 0 Å². The van der Waals surface area contributed by atoms with Gasteiger partial charge in [-0.05, 0) is 12.1 Å². The van der Waals surface area contributed by atoms with Gasteiger partial charge in [-0.3, -0.25) is 9.59 Å². The van der Waals surface area contributed by atoms with Crippen LogP contribution >= 0.6 is 0 Å². The maximum Gasteiger partial charge on any atom is 0.254 e. The molecule has 126 valence electrons. The highest BCUT2D eigenvalue weighted by Gasteiger charge is 2.27. The van der Waals surface area contributed by atoms with Crippen LogP contribution < -0.4 is 5.32 Å². The third-order valence-electron chi connectivity index (χ3n) is 3.86. The summed E-state index contributed by atoms with van der Waals surface area (Å²) in [5.74, 6) is 0.564. The summed E-state index contributed by atoms with van der Waals surface area (Å²) in [6, 6.07) is 9.22. The van der Waals surface area contributed by atoms with E-state index < -0.39 is 0 Å². The first-order valence-corrected chi connectivity index (χ1v) is 7.87. The van der Waals surface area contributed by atoms with Gasteiger partial charge in [-0.15, -0.1) is 0 Å².